The van der Waals surface area contributed by atoms with Crippen molar-refractivity contribution in [1.29, 1.82) is 0 Å². The van der Waals surface area contributed by atoms with Gasteiger partial charge in [0.15, 0.2) is 0 Å². The Morgan fingerprint density at radius 3 is 2.84 bits per heavy atom. The molecule has 0 radical (unpaired) electrons. The third kappa shape index (κ3) is 4.48. The third-order valence-electron chi connectivity index (χ3n) is 3.61. The summed E-state index contributed by atoms with van der Waals surface area (Å²) in [5.74, 6) is 1.12. The summed E-state index contributed by atoms with van der Waals surface area (Å²) in [4.78, 5) is 9.40. The van der Waals surface area contributed by atoms with Crippen molar-refractivity contribution in [3.05, 3.63) is 23.9 Å². The van der Waals surface area contributed by atoms with Gasteiger partial charge < -0.3 is 15.1 Å². The van der Waals surface area contributed by atoms with Crippen molar-refractivity contribution in [2.75, 3.05) is 44.7 Å². The maximum absolute atomic E-state index is 4.62. The molecule has 0 unspecified atom stereocenters. The quantitative estimate of drug-likeness (QED) is 0.819. The molecule has 0 atom stereocenters. The van der Waals surface area contributed by atoms with Gasteiger partial charge in [0, 0.05) is 32.4 Å². The van der Waals surface area contributed by atoms with Crippen LogP contribution in [-0.4, -0.2) is 49.7 Å². The predicted octanol–water partition coefficient (Wildman–Crippen LogP) is 1.72. The number of hydrogen-bond donors (Lipinski definition) is 1. The zero-order valence-corrected chi connectivity index (χ0v) is 12.2. The molecule has 106 valence electrons. The summed E-state index contributed by atoms with van der Waals surface area (Å²) < 4.78 is 0. The van der Waals surface area contributed by atoms with Gasteiger partial charge in [-0.15, -0.1) is 0 Å². The fraction of sp³-hybridized carbons (Fsp3) is 0.667. The highest BCUT2D eigenvalue weighted by Gasteiger charge is 2.13. The Morgan fingerprint density at radius 1 is 1.21 bits per heavy atom. The summed E-state index contributed by atoms with van der Waals surface area (Å²) in [6.45, 7) is 8.69. The molecule has 0 spiro atoms. The number of nitrogens with zero attached hydrogens (tertiary/aromatic N) is 3. The number of hydrogen-bond acceptors (Lipinski definition) is 4. The highest BCUT2D eigenvalue weighted by Crippen LogP contribution is 2.13. The molecule has 0 aliphatic carbocycles. The molecule has 0 saturated carbocycles. The van der Waals surface area contributed by atoms with Crippen molar-refractivity contribution in [2.24, 2.45) is 0 Å². The van der Waals surface area contributed by atoms with Gasteiger partial charge in [0.25, 0.3) is 0 Å². The lowest BCUT2D eigenvalue weighted by atomic mass is 10.2. The molecule has 0 aromatic carbocycles. The van der Waals surface area contributed by atoms with Crippen molar-refractivity contribution >= 4 is 5.82 Å². The molecule has 1 N–H and O–H groups in total. The van der Waals surface area contributed by atoms with Crippen LogP contribution in [0.1, 0.15) is 25.3 Å². The van der Waals surface area contributed by atoms with Gasteiger partial charge in [-0.1, -0.05) is 13.0 Å². The van der Waals surface area contributed by atoms with Crippen LogP contribution in [0.2, 0.25) is 0 Å². The van der Waals surface area contributed by atoms with E-state index >= 15 is 0 Å². The zero-order chi connectivity index (χ0) is 13.5. The largest absolute Gasteiger partial charge is 0.355 e. The molecule has 1 aromatic heterocycles. The molecule has 0 bridgehead atoms. The van der Waals surface area contributed by atoms with Crippen LogP contribution in [0.4, 0.5) is 5.82 Å². The second-order valence-electron chi connectivity index (χ2n) is 5.35. The van der Waals surface area contributed by atoms with Crippen LogP contribution in [0.25, 0.3) is 0 Å². The molecule has 1 saturated heterocycles. The molecule has 0 amide bonds. The second kappa shape index (κ2) is 7.46. The number of likely N-dealkylation sites (N-methyl/N-ethyl adjacent to an activating group) is 1. The van der Waals surface area contributed by atoms with Gasteiger partial charge in [-0.2, -0.15) is 0 Å². The topological polar surface area (TPSA) is 31.4 Å². The maximum Gasteiger partial charge on any atom is 0.128 e. The molecular weight excluding hydrogens is 236 g/mol. The van der Waals surface area contributed by atoms with Gasteiger partial charge in [-0.05, 0) is 44.6 Å². The second-order valence-corrected chi connectivity index (χ2v) is 5.35. The van der Waals surface area contributed by atoms with Crippen molar-refractivity contribution in [2.45, 2.75) is 26.3 Å². The van der Waals surface area contributed by atoms with E-state index in [1.165, 1.54) is 24.9 Å². The summed E-state index contributed by atoms with van der Waals surface area (Å²) in [5, 5.41) is 3.41. The highest BCUT2D eigenvalue weighted by atomic mass is 15.2. The van der Waals surface area contributed by atoms with E-state index in [4.69, 9.17) is 0 Å². The summed E-state index contributed by atoms with van der Waals surface area (Å²) in [6, 6.07) is 4.36. The Kier molecular flexibility index (Phi) is 5.61. The zero-order valence-electron chi connectivity index (χ0n) is 12.2. The van der Waals surface area contributed by atoms with Crippen molar-refractivity contribution in [3.8, 4) is 0 Å². The average Bonchev–Trinajstić information content (AvgIpc) is 2.65. The lowest BCUT2D eigenvalue weighted by Crippen LogP contribution is -2.29. The van der Waals surface area contributed by atoms with E-state index < -0.39 is 0 Å². The molecule has 2 heterocycles. The van der Waals surface area contributed by atoms with E-state index in [1.54, 1.807) is 0 Å². The number of pyridine rings is 1. The first-order valence-electron chi connectivity index (χ1n) is 7.38. The van der Waals surface area contributed by atoms with Crippen LogP contribution < -0.4 is 10.2 Å². The predicted molar refractivity (Wildman–Crippen MR) is 80.6 cm³/mol. The standard InChI is InChI=1S/C15H26N4/c1-3-7-16-12-14-5-6-15(17-13-14)19-9-4-8-18(2)10-11-19/h5-6,13,16H,3-4,7-12H2,1-2H3. The summed E-state index contributed by atoms with van der Waals surface area (Å²) >= 11 is 0. The van der Waals surface area contributed by atoms with Crippen molar-refractivity contribution in [3.63, 3.8) is 0 Å². The minimum Gasteiger partial charge on any atom is -0.355 e. The number of nitrogens with one attached hydrogen (secondary N) is 1. The normalized spacial score (nSPS) is 17.5. The molecule has 4 heteroatoms. The number of anilines is 1. The van der Waals surface area contributed by atoms with Crippen LogP contribution in [0, 0.1) is 0 Å². The Morgan fingerprint density at radius 2 is 2.11 bits per heavy atom. The smallest absolute Gasteiger partial charge is 0.128 e. The maximum atomic E-state index is 4.62. The van der Waals surface area contributed by atoms with Gasteiger partial charge in [0.2, 0.25) is 0 Å². The van der Waals surface area contributed by atoms with E-state index in [2.05, 4.69) is 46.2 Å². The Labute approximate surface area is 116 Å². The molecule has 1 aliphatic rings. The molecule has 1 aromatic rings. The average molecular weight is 262 g/mol. The molecule has 1 fully saturated rings. The van der Waals surface area contributed by atoms with E-state index in [0.717, 1.165) is 38.5 Å². The van der Waals surface area contributed by atoms with Gasteiger partial charge in [0.05, 0.1) is 0 Å². The van der Waals surface area contributed by atoms with Gasteiger partial charge in [-0.3, -0.25) is 0 Å². The SMILES string of the molecule is CCCNCc1ccc(N2CCCN(C)CC2)nc1. The van der Waals surface area contributed by atoms with Crippen LogP contribution >= 0.6 is 0 Å². The summed E-state index contributed by atoms with van der Waals surface area (Å²) in [7, 11) is 2.19. The lowest BCUT2D eigenvalue weighted by molar-refractivity contribution is 0.360. The Bertz CT molecular complexity index is 363. The van der Waals surface area contributed by atoms with Gasteiger partial charge in [-0.25, -0.2) is 4.98 Å². The summed E-state index contributed by atoms with van der Waals surface area (Å²) in [5.41, 5.74) is 1.27. The molecule has 1 aliphatic heterocycles. The van der Waals surface area contributed by atoms with Gasteiger partial charge in [0.1, 0.15) is 5.82 Å². The minimum absolute atomic E-state index is 0.920. The van der Waals surface area contributed by atoms with Crippen molar-refractivity contribution in [1.82, 2.24) is 15.2 Å². The molecule has 4 nitrogen and oxygen atoms in total. The van der Waals surface area contributed by atoms with E-state index in [9.17, 15) is 0 Å². The first-order chi connectivity index (χ1) is 9.29. The monoisotopic (exact) mass is 262 g/mol. The first-order valence-corrected chi connectivity index (χ1v) is 7.38. The van der Waals surface area contributed by atoms with Crippen LogP contribution in [-0.2, 0) is 6.54 Å². The van der Waals surface area contributed by atoms with Crippen LogP contribution in [0.5, 0.6) is 0 Å². The first kappa shape index (κ1) is 14.3. The van der Waals surface area contributed by atoms with E-state index in [1.807, 2.05) is 6.20 Å². The van der Waals surface area contributed by atoms with E-state index in [-0.39, 0.29) is 0 Å². The number of rotatable bonds is 5. The third-order valence-corrected chi connectivity index (χ3v) is 3.61. The minimum atomic E-state index is 0.920. The molecule has 2 rings (SSSR count). The Hall–Kier alpha value is -1.13. The fourth-order valence-corrected chi connectivity index (χ4v) is 2.39. The summed E-state index contributed by atoms with van der Waals surface area (Å²) in [6.07, 6.45) is 4.40. The molecule has 19 heavy (non-hydrogen) atoms. The number of aromatic nitrogens is 1. The highest BCUT2D eigenvalue weighted by molar-refractivity contribution is 5.39. The Balaban J connectivity index is 1.90. The van der Waals surface area contributed by atoms with Gasteiger partial charge >= 0.3 is 0 Å². The lowest BCUT2D eigenvalue weighted by Gasteiger charge is -2.21. The van der Waals surface area contributed by atoms with Crippen LogP contribution in [0.3, 0.4) is 0 Å². The fourth-order valence-electron chi connectivity index (χ4n) is 2.39. The van der Waals surface area contributed by atoms with Crippen molar-refractivity contribution < 1.29 is 0 Å². The van der Waals surface area contributed by atoms with E-state index in [0.29, 0.717) is 0 Å². The van der Waals surface area contributed by atoms with Crippen LogP contribution in [0.15, 0.2) is 18.3 Å². The molecular formula is C15H26N4.